The van der Waals surface area contributed by atoms with E-state index < -0.39 is 6.23 Å². The topological polar surface area (TPSA) is 41.5 Å². The van der Waals surface area contributed by atoms with Crippen LogP contribution in [-0.4, -0.2) is 30.6 Å². The minimum atomic E-state index is -0.463. The molecule has 130 valence electrons. The van der Waals surface area contributed by atoms with E-state index in [1.165, 1.54) is 22.9 Å². The third-order valence-electron chi connectivity index (χ3n) is 6.07. The number of halogens is 1. The first kappa shape index (κ1) is 17.7. The van der Waals surface area contributed by atoms with Crippen molar-refractivity contribution in [3.05, 3.63) is 22.2 Å². The molecule has 23 heavy (non-hydrogen) atoms. The summed E-state index contributed by atoms with van der Waals surface area (Å²) >= 11 is 3.65. The lowest BCUT2D eigenvalue weighted by molar-refractivity contribution is -0.00448. The van der Waals surface area contributed by atoms with Crippen LogP contribution in [0.4, 0.5) is 0 Å². The number of fused-ring (bicyclic) bond motifs is 1. The third-order valence-corrected chi connectivity index (χ3v) is 6.72. The second-order valence-electron chi connectivity index (χ2n) is 7.79. The number of aliphatic hydroxyl groups excluding tert-OH is 1. The van der Waals surface area contributed by atoms with E-state index in [4.69, 9.17) is 4.74 Å². The number of aliphatic hydroxyl groups is 1. The molecule has 0 aromatic carbocycles. The van der Waals surface area contributed by atoms with Crippen molar-refractivity contribution in [1.29, 1.82) is 0 Å². The van der Waals surface area contributed by atoms with E-state index in [-0.39, 0.29) is 0 Å². The molecule has 1 saturated heterocycles. The van der Waals surface area contributed by atoms with Crippen LogP contribution in [-0.2, 0) is 4.74 Å². The summed E-state index contributed by atoms with van der Waals surface area (Å²) in [5, 5.41) is 13.8. The molecule has 2 unspecified atom stereocenters. The van der Waals surface area contributed by atoms with Gasteiger partial charge in [0.15, 0.2) is 0 Å². The lowest BCUT2D eigenvalue weighted by atomic mass is 9.73. The van der Waals surface area contributed by atoms with E-state index in [1.807, 2.05) is 7.11 Å². The summed E-state index contributed by atoms with van der Waals surface area (Å²) < 4.78 is 6.99. The van der Waals surface area contributed by atoms with E-state index >= 15 is 0 Å². The Morgan fingerprint density at radius 2 is 2.17 bits per heavy atom. The van der Waals surface area contributed by atoms with Gasteiger partial charge in [-0.1, -0.05) is 41.9 Å². The van der Waals surface area contributed by atoms with E-state index in [1.54, 1.807) is 0 Å². The average Bonchev–Trinajstić information content (AvgIpc) is 2.83. The average molecular weight is 384 g/mol. The van der Waals surface area contributed by atoms with Crippen molar-refractivity contribution in [2.75, 3.05) is 7.11 Å². The lowest BCUT2D eigenvalue weighted by Gasteiger charge is -2.37. The molecule has 1 saturated carbocycles. The van der Waals surface area contributed by atoms with Crippen molar-refractivity contribution in [2.45, 2.75) is 64.3 Å². The molecule has 3 rings (SSSR count). The molecule has 0 amide bonds. The summed E-state index contributed by atoms with van der Waals surface area (Å²) in [6.07, 6.45) is 10.1. The highest BCUT2D eigenvalue weighted by Crippen LogP contribution is 2.42. The Morgan fingerprint density at radius 1 is 1.39 bits per heavy atom. The summed E-state index contributed by atoms with van der Waals surface area (Å²) in [6.45, 7) is 4.61. The molecular weight excluding hydrogens is 354 g/mol. The largest absolute Gasteiger partial charge is 0.381 e. The maximum absolute atomic E-state index is 10.5. The normalized spacial score (nSPS) is 42.9. The Labute approximate surface area is 148 Å². The van der Waals surface area contributed by atoms with Crippen LogP contribution in [0.5, 0.6) is 0 Å². The van der Waals surface area contributed by atoms with Crippen molar-refractivity contribution in [1.82, 2.24) is 5.32 Å². The molecule has 3 nitrogen and oxygen atoms in total. The van der Waals surface area contributed by atoms with Crippen LogP contribution in [0.15, 0.2) is 22.2 Å². The summed E-state index contributed by atoms with van der Waals surface area (Å²) in [5.74, 6) is 2.29. The molecule has 0 spiro atoms. The molecule has 0 aromatic rings. The minimum absolute atomic E-state index is 0.397. The van der Waals surface area contributed by atoms with Crippen LogP contribution in [0.3, 0.4) is 0 Å². The molecule has 2 N–H and O–H groups in total. The first-order valence-electron chi connectivity index (χ1n) is 9.02. The van der Waals surface area contributed by atoms with Gasteiger partial charge in [0.1, 0.15) is 6.23 Å². The number of nitrogens with one attached hydrogen (secondary N) is 1. The van der Waals surface area contributed by atoms with Crippen molar-refractivity contribution < 1.29 is 9.84 Å². The maximum Gasteiger partial charge on any atom is 0.127 e. The van der Waals surface area contributed by atoms with E-state index in [2.05, 4.69) is 47.2 Å². The highest BCUT2D eigenvalue weighted by molar-refractivity contribution is 9.11. The molecule has 0 aromatic heterocycles. The Hall–Kier alpha value is -0.160. The second kappa shape index (κ2) is 7.38. The number of rotatable bonds is 3. The molecule has 1 aliphatic heterocycles. The van der Waals surface area contributed by atoms with Crippen LogP contribution >= 0.6 is 15.9 Å². The quantitative estimate of drug-likeness (QED) is 0.724. The van der Waals surface area contributed by atoms with Gasteiger partial charge < -0.3 is 9.84 Å². The molecular formula is C19H30BrNO2. The number of hydrogen-bond acceptors (Lipinski definition) is 3. The molecule has 6 atom stereocenters. The van der Waals surface area contributed by atoms with Gasteiger partial charge in [0.25, 0.3) is 0 Å². The summed E-state index contributed by atoms with van der Waals surface area (Å²) in [6, 6.07) is 0.397. The molecule has 0 radical (unpaired) electrons. The highest BCUT2D eigenvalue weighted by atomic mass is 79.9. The van der Waals surface area contributed by atoms with Gasteiger partial charge in [-0.2, -0.15) is 0 Å². The second-order valence-corrected chi connectivity index (χ2v) is 8.81. The van der Waals surface area contributed by atoms with Gasteiger partial charge in [-0.3, -0.25) is 5.32 Å². The molecule has 1 heterocycles. The van der Waals surface area contributed by atoms with Gasteiger partial charge in [-0.05, 0) is 59.9 Å². The zero-order valence-electron chi connectivity index (χ0n) is 14.5. The van der Waals surface area contributed by atoms with Gasteiger partial charge in [0.05, 0.1) is 6.10 Å². The van der Waals surface area contributed by atoms with Crippen molar-refractivity contribution in [3.63, 3.8) is 0 Å². The first-order valence-corrected chi connectivity index (χ1v) is 9.82. The van der Waals surface area contributed by atoms with Crippen molar-refractivity contribution in [2.24, 2.45) is 23.7 Å². The van der Waals surface area contributed by atoms with E-state index in [0.29, 0.717) is 35.8 Å². The van der Waals surface area contributed by atoms with Crippen LogP contribution < -0.4 is 5.32 Å². The van der Waals surface area contributed by atoms with Gasteiger partial charge in [-0.15, -0.1) is 0 Å². The Balaban J connectivity index is 1.74. The fourth-order valence-corrected chi connectivity index (χ4v) is 5.27. The van der Waals surface area contributed by atoms with Gasteiger partial charge in [0, 0.05) is 19.1 Å². The molecule has 2 aliphatic carbocycles. The predicted octanol–water partition coefficient (Wildman–Crippen LogP) is 3.98. The van der Waals surface area contributed by atoms with Gasteiger partial charge >= 0.3 is 0 Å². The van der Waals surface area contributed by atoms with Crippen LogP contribution in [0.2, 0.25) is 0 Å². The Morgan fingerprint density at radius 3 is 2.87 bits per heavy atom. The first-order chi connectivity index (χ1) is 11.0. The Kier molecular flexibility index (Phi) is 5.67. The minimum Gasteiger partial charge on any atom is -0.381 e. The van der Waals surface area contributed by atoms with Gasteiger partial charge in [0.2, 0.25) is 0 Å². The SMILES string of the molecule is CO[C@H]1CC[C@@H](/C=C2/C(O)N[C@H]3CC=C(Br)C[C@@H]23)CC1C(C)C. The van der Waals surface area contributed by atoms with Crippen LogP contribution in [0, 0.1) is 23.7 Å². The zero-order valence-corrected chi connectivity index (χ0v) is 16.1. The number of ether oxygens (including phenoxy) is 1. The lowest BCUT2D eigenvalue weighted by Crippen LogP contribution is -2.34. The monoisotopic (exact) mass is 383 g/mol. The third kappa shape index (κ3) is 3.76. The van der Waals surface area contributed by atoms with E-state index in [0.717, 1.165) is 19.3 Å². The summed E-state index contributed by atoms with van der Waals surface area (Å²) in [7, 11) is 1.85. The summed E-state index contributed by atoms with van der Waals surface area (Å²) in [4.78, 5) is 0. The van der Waals surface area contributed by atoms with Crippen molar-refractivity contribution in [3.8, 4) is 0 Å². The molecule has 2 fully saturated rings. The predicted molar refractivity (Wildman–Crippen MR) is 97.2 cm³/mol. The fraction of sp³-hybridized carbons (Fsp3) is 0.789. The standard InChI is InChI=1S/C19H30BrNO2/c1-11(2)14-8-12(4-7-18(14)23-3)9-16-15-10-13(20)5-6-17(15)21-19(16)22/h5,9,11-12,14-15,17-19,21-22H,4,6-8,10H2,1-3H3/b16-9+/t12-,14?,15+,17+,18+,19?/m1/s1. The Bertz CT molecular complexity index is 488. The molecule has 0 bridgehead atoms. The highest BCUT2D eigenvalue weighted by Gasteiger charge is 2.40. The number of hydrogen-bond donors (Lipinski definition) is 2. The zero-order chi connectivity index (χ0) is 16.6. The van der Waals surface area contributed by atoms with Crippen LogP contribution in [0.1, 0.15) is 46.0 Å². The summed E-state index contributed by atoms with van der Waals surface area (Å²) in [5.41, 5.74) is 1.23. The van der Waals surface area contributed by atoms with Crippen LogP contribution in [0.25, 0.3) is 0 Å². The molecule has 3 aliphatic rings. The fourth-order valence-electron chi connectivity index (χ4n) is 4.73. The maximum atomic E-state index is 10.5. The molecule has 4 heteroatoms. The van der Waals surface area contributed by atoms with Gasteiger partial charge in [-0.25, -0.2) is 0 Å². The smallest absolute Gasteiger partial charge is 0.127 e. The van der Waals surface area contributed by atoms with Crippen molar-refractivity contribution >= 4 is 15.9 Å². The number of allylic oxidation sites excluding steroid dienone is 2. The van der Waals surface area contributed by atoms with E-state index in [9.17, 15) is 5.11 Å². The number of methoxy groups -OCH3 is 1.